The van der Waals surface area contributed by atoms with E-state index < -0.39 is 67.3 Å². The SMILES string of the molecule is NC(=O)CC(N)C(=O)NC(CO)C(=O)NC(CCCN=C(N)N)C(=O)NCC(=O)O. The van der Waals surface area contributed by atoms with Gasteiger partial charge in [-0.25, -0.2) is 0 Å². The van der Waals surface area contributed by atoms with Gasteiger partial charge in [0.2, 0.25) is 23.6 Å². The van der Waals surface area contributed by atoms with Gasteiger partial charge >= 0.3 is 5.97 Å². The van der Waals surface area contributed by atoms with Crippen molar-refractivity contribution in [3.05, 3.63) is 0 Å². The number of rotatable bonds is 14. The molecule has 0 saturated carbocycles. The Hall–Kier alpha value is -3.46. The summed E-state index contributed by atoms with van der Waals surface area (Å²) < 4.78 is 0. The van der Waals surface area contributed by atoms with Crippen LogP contribution in [0.1, 0.15) is 19.3 Å². The van der Waals surface area contributed by atoms with Gasteiger partial charge in [-0.2, -0.15) is 0 Å². The second kappa shape index (κ2) is 13.7. The molecule has 0 aromatic heterocycles. The summed E-state index contributed by atoms with van der Waals surface area (Å²) in [5.74, 6) is -4.95. The summed E-state index contributed by atoms with van der Waals surface area (Å²) in [5.41, 5.74) is 20.8. The van der Waals surface area contributed by atoms with Crippen molar-refractivity contribution in [3.63, 3.8) is 0 Å². The molecule has 0 heterocycles. The largest absolute Gasteiger partial charge is 0.480 e. The number of amides is 4. The number of aliphatic hydroxyl groups is 1. The number of nitrogens with one attached hydrogen (secondary N) is 3. The van der Waals surface area contributed by atoms with Gasteiger partial charge in [0.15, 0.2) is 5.96 Å². The second-order valence-corrected chi connectivity index (χ2v) is 6.14. The van der Waals surface area contributed by atoms with Crippen molar-refractivity contribution in [1.82, 2.24) is 16.0 Å². The van der Waals surface area contributed by atoms with Crippen LogP contribution >= 0.6 is 0 Å². The molecule has 4 amide bonds. The molecular weight excluding hydrogens is 404 g/mol. The van der Waals surface area contributed by atoms with Crippen molar-refractivity contribution in [3.8, 4) is 0 Å². The lowest BCUT2D eigenvalue weighted by atomic mass is 10.1. The number of carbonyl (C=O) groups excluding carboxylic acids is 4. The number of guanidine groups is 1. The highest BCUT2D eigenvalue weighted by Crippen LogP contribution is 2.00. The Morgan fingerprint density at radius 2 is 1.53 bits per heavy atom. The zero-order valence-corrected chi connectivity index (χ0v) is 16.2. The molecule has 3 atom stereocenters. The van der Waals surface area contributed by atoms with Crippen molar-refractivity contribution < 1.29 is 34.2 Å². The molecule has 0 aliphatic heterocycles. The number of aliphatic hydroxyl groups excluding tert-OH is 1. The molecule has 15 heteroatoms. The Bertz CT molecular complexity index is 665. The number of aliphatic carboxylic acids is 1. The van der Waals surface area contributed by atoms with E-state index in [1.54, 1.807) is 0 Å². The number of hydrogen-bond acceptors (Lipinski definition) is 8. The third-order valence-corrected chi connectivity index (χ3v) is 3.57. The molecule has 0 aliphatic rings. The molecule has 0 spiro atoms. The predicted molar refractivity (Wildman–Crippen MR) is 103 cm³/mol. The van der Waals surface area contributed by atoms with Crippen molar-refractivity contribution in [1.29, 1.82) is 0 Å². The Morgan fingerprint density at radius 1 is 0.933 bits per heavy atom. The zero-order chi connectivity index (χ0) is 23.3. The molecule has 15 nitrogen and oxygen atoms in total. The number of carboxylic acid groups (broad SMARTS) is 1. The van der Waals surface area contributed by atoms with Crippen LogP contribution in [0.2, 0.25) is 0 Å². The van der Waals surface area contributed by atoms with Crippen LogP contribution in [0, 0.1) is 0 Å². The van der Waals surface area contributed by atoms with Crippen molar-refractivity contribution in [2.75, 3.05) is 19.7 Å². The van der Waals surface area contributed by atoms with Crippen LogP contribution in [-0.2, 0) is 24.0 Å². The van der Waals surface area contributed by atoms with Crippen LogP contribution in [-0.4, -0.2) is 83.6 Å². The summed E-state index contributed by atoms with van der Waals surface area (Å²) in [7, 11) is 0. The highest BCUT2D eigenvalue weighted by Gasteiger charge is 2.28. The minimum atomic E-state index is -1.48. The maximum absolute atomic E-state index is 12.4. The number of aliphatic imine (C=N–C) groups is 1. The minimum absolute atomic E-state index is 0.0290. The molecule has 30 heavy (non-hydrogen) atoms. The predicted octanol–water partition coefficient (Wildman–Crippen LogP) is -5.59. The van der Waals surface area contributed by atoms with Crippen LogP contribution in [0.25, 0.3) is 0 Å². The average molecular weight is 432 g/mol. The van der Waals surface area contributed by atoms with Crippen LogP contribution in [0.3, 0.4) is 0 Å². The molecule has 0 aliphatic carbocycles. The Labute approximate surface area is 171 Å². The number of carbonyl (C=O) groups is 5. The first-order chi connectivity index (χ1) is 14.0. The molecule has 3 unspecified atom stereocenters. The summed E-state index contributed by atoms with van der Waals surface area (Å²) in [6, 6.07) is -4.02. The van der Waals surface area contributed by atoms with Gasteiger partial charge in [0.05, 0.1) is 19.1 Å². The van der Waals surface area contributed by atoms with Crippen LogP contribution < -0.4 is 38.9 Å². The third kappa shape index (κ3) is 11.4. The van der Waals surface area contributed by atoms with Gasteiger partial charge in [-0.05, 0) is 12.8 Å². The standard InChI is InChI=1S/C15H28N8O7/c16-7(4-10(17)25)12(28)23-9(6-24)14(30)22-8(2-1-3-20-15(18)19)13(29)21-5-11(26)27/h7-9,24H,1-6,16H2,(H2,17,25)(H,21,29)(H,22,30)(H,23,28)(H,26,27)(H4,18,19,20). The topological polar surface area (TPSA) is 278 Å². The molecule has 0 bridgehead atoms. The first-order valence-corrected chi connectivity index (χ1v) is 8.78. The maximum atomic E-state index is 12.4. The maximum Gasteiger partial charge on any atom is 0.322 e. The third-order valence-electron chi connectivity index (χ3n) is 3.57. The number of nitrogens with two attached hydrogens (primary N) is 4. The van der Waals surface area contributed by atoms with Gasteiger partial charge in [0, 0.05) is 6.54 Å². The van der Waals surface area contributed by atoms with E-state index >= 15 is 0 Å². The zero-order valence-electron chi connectivity index (χ0n) is 16.2. The fourth-order valence-electron chi connectivity index (χ4n) is 2.11. The molecule has 0 aromatic carbocycles. The Balaban J connectivity index is 5.07. The van der Waals surface area contributed by atoms with Gasteiger partial charge in [0.25, 0.3) is 0 Å². The van der Waals surface area contributed by atoms with E-state index in [2.05, 4.69) is 20.9 Å². The molecule has 0 saturated heterocycles. The van der Waals surface area contributed by atoms with Gasteiger partial charge in [-0.15, -0.1) is 0 Å². The fourth-order valence-corrected chi connectivity index (χ4v) is 2.11. The average Bonchev–Trinajstić information content (AvgIpc) is 2.65. The second-order valence-electron chi connectivity index (χ2n) is 6.14. The number of hydrogen-bond donors (Lipinski definition) is 9. The number of nitrogens with zero attached hydrogens (tertiary/aromatic N) is 1. The van der Waals surface area contributed by atoms with E-state index in [4.69, 9.17) is 28.0 Å². The summed E-state index contributed by atoms with van der Waals surface area (Å²) in [4.78, 5) is 61.6. The summed E-state index contributed by atoms with van der Waals surface area (Å²) in [5, 5.41) is 24.6. The molecular formula is C15H28N8O7. The highest BCUT2D eigenvalue weighted by atomic mass is 16.4. The van der Waals surface area contributed by atoms with Gasteiger partial charge in [-0.3, -0.25) is 29.0 Å². The van der Waals surface area contributed by atoms with Gasteiger partial charge in [-0.1, -0.05) is 0 Å². The van der Waals surface area contributed by atoms with E-state index in [0.717, 1.165) is 0 Å². The lowest BCUT2D eigenvalue weighted by Gasteiger charge is -2.22. The quantitative estimate of drug-likeness (QED) is 0.0712. The van der Waals surface area contributed by atoms with E-state index in [0.29, 0.717) is 0 Å². The van der Waals surface area contributed by atoms with Gasteiger partial charge in [0.1, 0.15) is 18.6 Å². The van der Waals surface area contributed by atoms with Crippen molar-refractivity contribution >= 4 is 35.6 Å². The van der Waals surface area contributed by atoms with E-state index in [1.807, 2.05) is 0 Å². The fraction of sp³-hybridized carbons (Fsp3) is 0.600. The van der Waals surface area contributed by atoms with Crippen molar-refractivity contribution in [2.45, 2.75) is 37.4 Å². The van der Waals surface area contributed by atoms with Gasteiger partial charge < -0.3 is 49.1 Å². The normalized spacial score (nSPS) is 13.3. The van der Waals surface area contributed by atoms with Crippen LogP contribution in [0.4, 0.5) is 0 Å². The van der Waals surface area contributed by atoms with Crippen LogP contribution in [0.5, 0.6) is 0 Å². The Morgan fingerprint density at radius 3 is 2.03 bits per heavy atom. The lowest BCUT2D eigenvalue weighted by Crippen LogP contribution is -2.57. The number of primary amides is 1. The van der Waals surface area contributed by atoms with E-state index in [-0.39, 0.29) is 25.3 Å². The van der Waals surface area contributed by atoms with Crippen LogP contribution in [0.15, 0.2) is 4.99 Å². The monoisotopic (exact) mass is 432 g/mol. The first kappa shape index (κ1) is 26.5. The molecule has 0 fully saturated rings. The lowest BCUT2D eigenvalue weighted by molar-refractivity contribution is -0.138. The highest BCUT2D eigenvalue weighted by molar-refractivity contribution is 5.94. The molecule has 0 aromatic rings. The molecule has 0 rings (SSSR count). The summed E-state index contributed by atoms with van der Waals surface area (Å²) in [6.45, 7) is -1.37. The smallest absolute Gasteiger partial charge is 0.322 e. The molecule has 170 valence electrons. The minimum Gasteiger partial charge on any atom is -0.480 e. The first-order valence-electron chi connectivity index (χ1n) is 8.78. The summed E-state index contributed by atoms with van der Waals surface area (Å²) in [6.07, 6.45) is -0.194. The van der Waals surface area contributed by atoms with E-state index in [9.17, 15) is 29.1 Å². The Kier molecular flexibility index (Phi) is 12.1. The van der Waals surface area contributed by atoms with E-state index in [1.165, 1.54) is 0 Å². The van der Waals surface area contributed by atoms with Crippen molar-refractivity contribution in [2.24, 2.45) is 27.9 Å². The molecule has 0 radical (unpaired) electrons. The number of carboxylic acids is 1. The summed E-state index contributed by atoms with van der Waals surface area (Å²) >= 11 is 0. The molecule has 13 N–H and O–H groups in total.